The van der Waals surface area contributed by atoms with Crippen LogP contribution in [0.25, 0.3) is 0 Å². The van der Waals surface area contributed by atoms with Gasteiger partial charge in [-0.1, -0.05) is 0 Å². The molecule has 0 saturated carbocycles. The highest BCUT2D eigenvalue weighted by Gasteiger charge is 2.18. The van der Waals surface area contributed by atoms with Gasteiger partial charge in [0, 0.05) is 26.2 Å². The van der Waals surface area contributed by atoms with Crippen molar-refractivity contribution in [3.63, 3.8) is 0 Å². The largest absolute Gasteiger partial charge is 0.378 e. The van der Waals surface area contributed by atoms with Crippen LogP contribution in [0.3, 0.4) is 0 Å². The van der Waals surface area contributed by atoms with E-state index in [1.54, 1.807) is 0 Å². The van der Waals surface area contributed by atoms with Crippen molar-refractivity contribution < 1.29 is 4.74 Å². The van der Waals surface area contributed by atoms with Gasteiger partial charge in [0.15, 0.2) is 0 Å². The van der Waals surface area contributed by atoms with E-state index in [9.17, 15) is 0 Å². The average Bonchev–Trinajstić information content (AvgIpc) is 3.11. The second kappa shape index (κ2) is 6.54. The average molecular weight is 298 g/mol. The van der Waals surface area contributed by atoms with E-state index >= 15 is 0 Å². The van der Waals surface area contributed by atoms with Crippen molar-refractivity contribution in [3.8, 4) is 0 Å². The van der Waals surface area contributed by atoms with Crippen molar-refractivity contribution in [3.05, 3.63) is 5.28 Å². The molecular formula is C13H20ClN5O. The predicted molar refractivity (Wildman–Crippen MR) is 78.4 cm³/mol. The third-order valence-corrected chi connectivity index (χ3v) is 3.93. The highest BCUT2D eigenvalue weighted by atomic mass is 35.5. The minimum absolute atomic E-state index is 0.251. The number of aromatic nitrogens is 3. The van der Waals surface area contributed by atoms with Gasteiger partial charge in [0.1, 0.15) is 0 Å². The summed E-state index contributed by atoms with van der Waals surface area (Å²) in [6.07, 6.45) is 6.04. The van der Waals surface area contributed by atoms with Crippen molar-refractivity contribution in [2.75, 3.05) is 36.5 Å². The minimum atomic E-state index is 0.251. The van der Waals surface area contributed by atoms with E-state index < -0.39 is 0 Å². The Kier molecular flexibility index (Phi) is 4.52. The van der Waals surface area contributed by atoms with E-state index in [0.717, 1.165) is 39.1 Å². The lowest BCUT2D eigenvalue weighted by atomic mass is 10.2. The van der Waals surface area contributed by atoms with Gasteiger partial charge in [-0.2, -0.15) is 15.0 Å². The van der Waals surface area contributed by atoms with Gasteiger partial charge in [-0.05, 0) is 43.7 Å². The van der Waals surface area contributed by atoms with Crippen LogP contribution in [-0.2, 0) is 4.74 Å². The summed E-state index contributed by atoms with van der Waals surface area (Å²) in [5.41, 5.74) is 0. The number of nitrogens with one attached hydrogen (secondary N) is 1. The molecule has 0 spiro atoms. The molecule has 0 aliphatic carbocycles. The van der Waals surface area contributed by atoms with Crippen molar-refractivity contribution in [2.24, 2.45) is 0 Å². The number of nitrogens with zero attached hydrogens (tertiary/aromatic N) is 4. The van der Waals surface area contributed by atoms with Crippen LogP contribution < -0.4 is 10.2 Å². The number of anilines is 2. The summed E-state index contributed by atoms with van der Waals surface area (Å²) in [6, 6.07) is 0. The first-order valence-electron chi connectivity index (χ1n) is 7.33. The van der Waals surface area contributed by atoms with Gasteiger partial charge in [0.25, 0.3) is 0 Å². The zero-order valence-corrected chi connectivity index (χ0v) is 12.3. The van der Waals surface area contributed by atoms with Gasteiger partial charge in [-0.25, -0.2) is 0 Å². The lowest BCUT2D eigenvalue weighted by molar-refractivity contribution is 0.107. The molecule has 6 nitrogen and oxygen atoms in total. The molecule has 0 radical (unpaired) electrons. The summed E-state index contributed by atoms with van der Waals surface area (Å²) in [5.74, 6) is 1.24. The molecule has 1 aromatic heterocycles. The van der Waals surface area contributed by atoms with Crippen molar-refractivity contribution >= 4 is 23.5 Å². The van der Waals surface area contributed by atoms with Gasteiger partial charge in [-0.3, -0.25) is 0 Å². The van der Waals surface area contributed by atoms with Crippen molar-refractivity contribution in [1.82, 2.24) is 15.0 Å². The lowest BCUT2D eigenvalue weighted by Crippen LogP contribution is -2.22. The maximum Gasteiger partial charge on any atom is 0.231 e. The fraction of sp³-hybridized carbons (Fsp3) is 0.769. The summed E-state index contributed by atoms with van der Waals surface area (Å²) in [6.45, 7) is 3.68. The van der Waals surface area contributed by atoms with Crippen LogP contribution in [0, 0.1) is 0 Å². The number of hydrogen-bond acceptors (Lipinski definition) is 6. The predicted octanol–water partition coefficient (Wildman–Crippen LogP) is 2.11. The van der Waals surface area contributed by atoms with Crippen molar-refractivity contribution in [2.45, 2.75) is 38.2 Å². The van der Waals surface area contributed by atoms with E-state index in [0.29, 0.717) is 18.0 Å². The molecule has 2 aliphatic heterocycles. The number of hydrogen-bond donors (Lipinski definition) is 1. The Morgan fingerprint density at radius 3 is 2.80 bits per heavy atom. The zero-order valence-electron chi connectivity index (χ0n) is 11.5. The third kappa shape index (κ3) is 3.49. The minimum Gasteiger partial charge on any atom is -0.378 e. The molecule has 20 heavy (non-hydrogen) atoms. The Bertz CT molecular complexity index is 446. The van der Waals surface area contributed by atoms with E-state index in [1.165, 1.54) is 19.3 Å². The second-order valence-electron chi connectivity index (χ2n) is 5.27. The van der Waals surface area contributed by atoms with Crippen LogP contribution in [0.4, 0.5) is 11.9 Å². The third-order valence-electron chi connectivity index (χ3n) is 3.76. The van der Waals surface area contributed by atoms with Crippen LogP contribution in [0.5, 0.6) is 0 Å². The maximum absolute atomic E-state index is 5.98. The summed E-state index contributed by atoms with van der Waals surface area (Å²) in [4.78, 5) is 14.9. The molecule has 1 unspecified atom stereocenters. The quantitative estimate of drug-likeness (QED) is 0.898. The summed E-state index contributed by atoms with van der Waals surface area (Å²) < 4.78 is 5.59. The fourth-order valence-electron chi connectivity index (χ4n) is 2.69. The highest BCUT2D eigenvalue weighted by molar-refractivity contribution is 6.28. The van der Waals surface area contributed by atoms with Crippen LogP contribution in [-0.4, -0.2) is 47.3 Å². The lowest BCUT2D eigenvalue weighted by Gasteiger charge is -2.16. The molecule has 1 N–H and O–H groups in total. The van der Waals surface area contributed by atoms with E-state index in [-0.39, 0.29) is 5.28 Å². The SMILES string of the molecule is Clc1nc(NCCC2CCCO2)nc(N2CCCC2)n1. The molecule has 1 atom stereocenters. The Hall–Kier alpha value is -1.14. The Balaban J connectivity index is 1.57. The number of halogens is 1. The standard InChI is InChI=1S/C13H20ClN5O/c14-11-16-12(15-6-5-10-4-3-9-20-10)18-13(17-11)19-7-1-2-8-19/h10H,1-9H2,(H,15,16,17,18). The first kappa shape index (κ1) is 13.8. The van der Waals surface area contributed by atoms with Crippen molar-refractivity contribution in [1.29, 1.82) is 0 Å². The maximum atomic E-state index is 5.98. The van der Waals surface area contributed by atoms with E-state index in [1.807, 2.05) is 0 Å². The monoisotopic (exact) mass is 297 g/mol. The molecule has 2 aliphatic rings. The van der Waals surface area contributed by atoms with Crippen LogP contribution in [0.15, 0.2) is 0 Å². The molecule has 2 fully saturated rings. The van der Waals surface area contributed by atoms with Gasteiger partial charge in [0.2, 0.25) is 17.2 Å². The van der Waals surface area contributed by atoms with Gasteiger partial charge in [0.05, 0.1) is 6.10 Å². The van der Waals surface area contributed by atoms with Crippen LogP contribution in [0.1, 0.15) is 32.1 Å². The Labute approximate surface area is 123 Å². The van der Waals surface area contributed by atoms with E-state index in [4.69, 9.17) is 16.3 Å². The number of rotatable bonds is 5. The molecule has 0 aromatic carbocycles. The molecule has 2 saturated heterocycles. The normalized spacial score (nSPS) is 22.4. The molecule has 1 aromatic rings. The summed E-state index contributed by atoms with van der Waals surface area (Å²) in [7, 11) is 0. The summed E-state index contributed by atoms with van der Waals surface area (Å²) in [5, 5.41) is 3.47. The fourth-order valence-corrected chi connectivity index (χ4v) is 2.85. The molecule has 7 heteroatoms. The van der Waals surface area contributed by atoms with Gasteiger partial charge < -0.3 is 15.0 Å². The van der Waals surface area contributed by atoms with E-state index in [2.05, 4.69) is 25.2 Å². The van der Waals surface area contributed by atoms with Gasteiger partial charge in [-0.15, -0.1) is 0 Å². The molecule has 110 valence electrons. The second-order valence-corrected chi connectivity index (χ2v) is 5.61. The molecule has 3 rings (SSSR count). The first-order valence-corrected chi connectivity index (χ1v) is 7.71. The molecular weight excluding hydrogens is 278 g/mol. The smallest absolute Gasteiger partial charge is 0.231 e. The number of ether oxygens (including phenoxy) is 1. The highest BCUT2D eigenvalue weighted by Crippen LogP contribution is 2.19. The van der Waals surface area contributed by atoms with Gasteiger partial charge >= 0.3 is 0 Å². The van der Waals surface area contributed by atoms with Crippen LogP contribution in [0.2, 0.25) is 5.28 Å². The summed E-state index contributed by atoms with van der Waals surface area (Å²) >= 11 is 5.98. The Morgan fingerprint density at radius 1 is 1.20 bits per heavy atom. The molecule has 3 heterocycles. The molecule has 0 bridgehead atoms. The molecule has 0 amide bonds. The van der Waals surface area contributed by atoms with Crippen LogP contribution >= 0.6 is 11.6 Å². The first-order chi connectivity index (χ1) is 9.81. The Morgan fingerprint density at radius 2 is 2.05 bits per heavy atom. The zero-order chi connectivity index (χ0) is 13.8. The topological polar surface area (TPSA) is 63.2 Å².